The molecule has 1 rings (SSSR count). The number of phenolic OH excluding ortho intramolecular Hbond substituents is 1. The molecule has 1 aromatic rings. The van der Waals surface area contributed by atoms with Crippen molar-refractivity contribution in [1.29, 1.82) is 0 Å². The van der Waals surface area contributed by atoms with Gasteiger partial charge in [-0.25, -0.2) is 10.2 Å². The number of benzene rings is 1. The largest absolute Gasteiger partial charge is 0.508 e. The summed E-state index contributed by atoms with van der Waals surface area (Å²) in [6, 6.07) is 3.66. The molecule has 0 radical (unpaired) electrons. The number of primary amides is 1. The summed E-state index contributed by atoms with van der Waals surface area (Å²) >= 11 is 0. The smallest absolute Gasteiger partial charge is 0.330 e. The van der Waals surface area contributed by atoms with Crippen LogP contribution < -0.4 is 16.6 Å². The first-order valence-electron chi connectivity index (χ1n) is 4.16. The van der Waals surface area contributed by atoms with Gasteiger partial charge in [0.2, 0.25) is 0 Å². The zero-order chi connectivity index (χ0) is 11.4. The van der Waals surface area contributed by atoms with E-state index in [4.69, 9.17) is 5.73 Å². The monoisotopic (exact) mass is 209 g/mol. The van der Waals surface area contributed by atoms with Crippen LogP contribution in [0.15, 0.2) is 18.2 Å². The van der Waals surface area contributed by atoms with Gasteiger partial charge < -0.3 is 10.8 Å². The molecule has 0 bridgehead atoms. The van der Waals surface area contributed by atoms with Crippen LogP contribution in [0.1, 0.15) is 15.9 Å². The lowest BCUT2D eigenvalue weighted by atomic mass is 10.1. The zero-order valence-corrected chi connectivity index (χ0v) is 8.07. The van der Waals surface area contributed by atoms with E-state index >= 15 is 0 Å². The number of aromatic hydroxyl groups is 1. The third-order valence-electron chi connectivity index (χ3n) is 1.85. The Morgan fingerprint density at radius 3 is 2.60 bits per heavy atom. The van der Waals surface area contributed by atoms with Crippen molar-refractivity contribution in [3.8, 4) is 5.75 Å². The normalized spacial score (nSPS) is 9.40. The number of hydrogen-bond donors (Lipinski definition) is 4. The quantitative estimate of drug-likeness (QED) is 0.490. The van der Waals surface area contributed by atoms with Gasteiger partial charge in [0.25, 0.3) is 5.91 Å². The van der Waals surface area contributed by atoms with Crippen molar-refractivity contribution in [3.63, 3.8) is 0 Å². The molecular formula is C9H11N3O3. The maximum Gasteiger partial charge on any atom is 0.330 e. The molecule has 3 amide bonds. The third kappa shape index (κ3) is 2.60. The Balaban J connectivity index is 2.82. The van der Waals surface area contributed by atoms with Crippen molar-refractivity contribution in [2.24, 2.45) is 5.73 Å². The Hall–Kier alpha value is -2.24. The summed E-state index contributed by atoms with van der Waals surface area (Å²) in [6.07, 6.45) is 0. The standard InChI is InChI=1S/C9H11N3O3/c1-5-6(3-2-4-7(5)13)8(14)11-12-9(10)15/h2-4,13H,1H3,(H,11,14)(H3,10,12,15). The van der Waals surface area contributed by atoms with Crippen molar-refractivity contribution in [3.05, 3.63) is 29.3 Å². The second kappa shape index (κ2) is 4.32. The lowest BCUT2D eigenvalue weighted by Crippen LogP contribution is -2.44. The van der Waals surface area contributed by atoms with Crippen LogP contribution in [0.2, 0.25) is 0 Å². The van der Waals surface area contributed by atoms with Crippen molar-refractivity contribution in [1.82, 2.24) is 10.9 Å². The number of carbonyl (C=O) groups excluding carboxylic acids is 2. The molecule has 6 heteroatoms. The summed E-state index contributed by atoms with van der Waals surface area (Å²) in [6.45, 7) is 1.59. The Labute approximate surface area is 86.1 Å². The van der Waals surface area contributed by atoms with Gasteiger partial charge in [0.05, 0.1) is 0 Å². The van der Waals surface area contributed by atoms with Crippen LogP contribution in [0, 0.1) is 6.92 Å². The van der Waals surface area contributed by atoms with E-state index in [2.05, 4.69) is 5.43 Å². The number of nitrogens with one attached hydrogen (secondary N) is 2. The minimum Gasteiger partial charge on any atom is -0.508 e. The Morgan fingerprint density at radius 1 is 1.33 bits per heavy atom. The number of hydrazine groups is 1. The molecule has 0 spiro atoms. The number of hydrogen-bond acceptors (Lipinski definition) is 3. The summed E-state index contributed by atoms with van der Waals surface area (Å²) < 4.78 is 0. The number of amides is 3. The topological polar surface area (TPSA) is 104 Å². The summed E-state index contributed by atoms with van der Waals surface area (Å²) in [4.78, 5) is 21.8. The lowest BCUT2D eigenvalue weighted by Gasteiger charge is -2.08. The number of nitrogens with two attached hydrogens (primary N) is 1. The first kappa shape index (κ1) is 10.8. The zero-order valence-electron chi connectivity index (χ0n) is 8.07. The average molecular weight is 209 g/mol. The van der Waals surface area contributed by atoms with Gasteiger partial charge >= 0.3 is 6.03 Å². The fourth-order valence-corrected chi connectivity index (χ4v) is 1.06. The molecule has 0 aliphatic carbocycles. The van der Waals surface area contributed by atoms with Gasteiger partial charge in [-0.1, -0.05) is 6.07 Å². The van der Waals surface area contributed by atoms with Crippen molar-refractivity contribution in [2.45, 2.75) is 6.92 Å². The molecule has 0 unspecified atom stereocenters. The van der Waals surface area contributed by atoms with E-state index in [1.807, 2.05) is 5.43 Å². The molecule has 6 nitrogen and oxygen atoms in total. The highest BCUT2D eigenvalue weighted by Crippen LogP contribution is 2.18. The molecule has 0 atom stereocenters. The molecule has 0 saturated heterocycles. The van der Waals surface area contributed by atoms with E-state index in [9.17, 15) is 14.7 Å². The minimum atomic E-state index is -0.860. The van der Waals surface area contributed by atoms with Gasteiger partial charge in [-0.15, -0.1) is 0 Å². The molecule has 0 saturated carbocycles. The number of carbonyl (C=O) groups is 2. The predicted octanol–water partition coefficient (Wildman–Crippen LogP) is 0.0137. The Bertz CT molecular complexity index is 404. The first-order valence-corrected chi connectivity index (χ1v) is 4.16. The molecule has 0 fully saturated rings. The summed E-state index contributed by atoms with van der Waals surface area (Å²) in [5, 5.41) is 9.33. The van der Waals surface area contributed by atoms with Gasteiger partial charge in [0.15, 0.2) is 0 Å². The fourth-order valence-electron chi connectivity index (χ4n) is 1.06. The molecule has 0 aliphatic heterocycles. The van der Waals surface area contributed by atoms with Crippen molar-refractivity contribution < 1.29 is 14.7 Å². The number of rotatable bonds is 1. The van der Waals surface area contributed by atoms with Crippen LogP contribution in [-0.2, 0) is 0 Å². The average Bonchev–Trinajstić information content (AvgIpc) is 2.18. The van der Waals surface area contributed by atoms with Gasteiger partial charge in [0.1, 0.15) is 5.75 Å². The highest BCUT2D eigenvalue weighted by Gasteiger charge is 2.10. The summed E-state index contributed by atoms with van der Waals surface area (Å²) in [5.74, 6) is -0.524. The van der Waals surface area contributed by atoms with E-state index in [0.29, 0.717) is 5.56 Å². The van der Waals surface area contributed by atoms with Crippen LogP contribution >= 0.6 is 0 Å². The Morgan fingerprint density at radius 2 is 2.00 bits per heavy atom. The van der Waals surface area contributed by atoms with Gasteiger partial charge in [-0.3, -0.25) is 10.2 Å². The van der Waals surface area contributed by atoms with Gasteiger partial charge in [-0.05, 0) is 19.1 Å². The highest BCUT2D eigenvalue weighted by atomic mass is 16.3. The second-order valence-corrected chi connectivity index (χ2v) is 2.89. The van der Waals surface area contributed by atoms with Crippen molar-refractivity contribution >= 4 is 11.9 Å². The molecule has 0 heterocycles. The number of urea groups is 1. The van der Waals surface area contributed by atoms with Crippen LogP contribution in [0.25, 0.3) is 0 Å². The maximum atomic E-state index is 11.4. The van der Waals surface area contributed by atoms with Crippen LogP contribution in [-0.4, -0.2) is 17.0 Å². The molecule has 80 valence electrons. The summed E-state index contributed by atoms with van der Waals surface area (Å²) in [7, 11) is 0. The molecular weight excluding hydrogens is 198 g/mol. The molecule has 15 heavy (non-hydrogen) atoms. The second-order valence-electron chi connectivity index (χ2n) is 2.89. The highest BCUT2D eigenvalue weighted by molar-refractivity contribution is 5.96. The Kier molecular flexibility index (Phi) is 3.12. The maximum absolute atomic E-state index is 11.4. The SMILES string of the molecule is Cc1c(O)cccc1C(=O)NNC(N)=O. The lowest BCUT2D eigenvalue weighted by molar-refractivity contribution is 0.0936. The summed E-state index contributed by atoms with van der Waals surface area (Å²) in [5.41, 5.74) is 9.51. The van der Waals surface area contributed by atoms with Crippen LogP contribution in [0.5, 0.6) is 5.75 Å². The van der Waals surface area contributed by atoms with Crippen molar-refractivity contribution in [2.75, 3.05) is 0 Å². The fraction of sp³-hybridized carbons (Fsp3) is 0.111. The van der Waals surface area contributed by atoms with E-state index in [0.717, 1.165) is 0 Å². The van der Waals surface area contributed by atoms with Gasteiger partial charge in [0, 0.05) is 11.1 Å². The molecule has 5 N–H and O–H groups in total. The van der Waals surface area contributed by atoms with Gasteiger partial charge in [-0.2, -0.15) is 0 Å². The van der Waals surface area contributed by atoms with Crippen LogP contribution in [0.3, 0.4) is 0 Å². The molecule has 0 aromatic heterocycles. The van der Waals surface area contributed by atoms with Crippen LogP contribution in [0.4, 0.5) is 4.79 Å². The molecule has 0 aliphatic rings. The van der Waals surface area contributed by atoms with E-state index in [-0.39, 0.29) is 11.3 Å². The minimum absolute atomic E-state index is 0.0155. The molecule has 1 aromatic carbocycles. The van der Waals surface area contributed by atoms with E-state index in [1.165, 1.54) is 18.2 Å². The first-order chi connectivity index (χ1) is 7.02. The van der Waals surface area contributed by atoms with E-state index < -0.39 is 11.9 Å². The third-order valence-corrected chi connectivity index (χ3v) is 1.85. The number of phenols is 1. The van der Waals surface area contributed by atoms with E-state index in [1.54, 1.807) is 6.92 Å². The predicted molar refractivity (Wildman–Crippen MR) is 53.0 cm³/mol.